The Balaban J connectivity index is 2.40. The number of benzene rings is 1. The minimum Gasteiger partial charge on any atom is -0.372 e. The summed E-state index contributed by atoms with van der Waals surface area (Å²) in [4.78, 5) is 13.3. The maximum atomic E-state index is 11.7. The van der Waals surface area contributed by atoms with Crippen LogP contribution in [0, 0.1) is 0 Å². The van der Waals surface area contributed by atoms with Crippen molar-refractivity contribution in [3.63, 3.8) is 0 Å². The molecule has 0 aliphatic carbocycles. The van der Waals surface area contributed by atoms with Crippen molar-refractivity contribution >= 4 is 17.5 Å². The zero-order chi connectivity index (χ0) is 12.7. The molecule has 0 atom stereocenters. The standard InChI is InChI=1S/C13H18ClNO2/c1-3-8-17-10-13(16)15(2)9-11-4-6-12(14)7-5-11/h4-7H,3,8-10H2,1-2H3. The van der Waals surface area contributed by atoms with Gasteiger partial charge in [0.15, 0.2) is 0 Å². The fourth-order valence-electron chi connectivity index (χ4n) is 1.37. The van der Waals surface area contributed by atoms with Crippen LogP contribution in [-0.4, -0.2) is 31.1 Å². The SMILES string of the molecule is CCCOCC(=O)N(C)Cc1ccc(Cl)cc1. The summed E-state index contributed by atoms with van der Waals surface area (Å²) in [6.45, 7) is 3.37. The molecule has 0 fully saturated rings. The summed E-state index contributed by atoms with van der Waals surface area (Å²) in [6, 6.07) is 7.48. The van der Waals surface area contributed by atoms with Crippen LogP contribution >= 0.6 is 11.6 Å². The van der Waals surface area contributed by atoms with Crippen LogP contribution in [0.25, 0.3) is 0 Å². The van der Waals surface area contributed by atoms with E-state index in [0.717, 1.165) is 12.0 Å². The van der Waals surface area contributed by atoms with Crippen molar-refractivity contribution < 1.29 is 9.53 Å². The first kappa shape index (κ1) is 14.0. The Bertz CT molecular complexity index is 351. The van der Waals surface area contributed by atoms with Crippen molar-refractivity contribution in [2.75, 3.05) is 20.3 Å². The zero-order valence-electron chi connectivity index (χ0n) is 10.3. The first-order valence-electron chi connectivity index (χ1n) is 5.69. The van der Waals surface area contributed by atoms with Gasteiger partial charge in [0, 0.05) is 25.2 Å². The molecule has 4 heteroatoms. The number of hydrogen-bond acceptors (Lipinski definition) is 2. The fourth-order valence-corrected chi connectivity index (χ4v) is 1.49. The van der Waals surface area contributed by atoms with E-state index in [-0.39, 0.29) is 12.5 Å². The highest BCUT2D eigenvalue weighted by Crippen LogP contribution is 2.10. The predicted molar refractivity (Wildman–Crippen MR) is 69.0 cm³/mol. The molecular formula is C13H18ClNO2. The number of carbonyl (C=O) groups is 1. The molecule has 94 valence electrons. The van der Waals surface area contributed by atoms with Crippen LogP contribution in [-0.2, 0) is 16.1 Å². The number of carbonyl (C=O) groups excluding carboxylic acids is 1. The average molecular weight is 256 g/mol. The molecule has 0 heterocycles. The number of amides is 1. The van der Waals surface area contributed by atoms with E-state index < -0.39 is 0 Å². The number of rotatable bonds is 6. The molecule has 0 N–H and O–H groups in total. The van der Waals surface area contributed by atoms with E-state index in [0.29, 0.717) is 18.2 Å². The van der Waals surface area contributed by atoms with Gasteiger partial charge in [-0.15, -0.1) is 0 Å². The van der Waals surface area contributed by atoms with E-state index in [1.165, 1.54) is 0 Å². The van der Waals surface area contributed by atoms with Crippen LogP contribution in [0.2, 0.25) is 5.02 Å². The maximum Gasteiger partial charge on any atom is 0.248 e. The van der Waals surface area contributed by atoms with Crippen LogP contribution < -0.4 is 0 Å². The Morgan fingerprint density at radius 2 is 2.00 bits per heavy atom. The molecule has 0 bridgehead atoms. The molecule has 1 aromatic rings. The van der Waals surface area contributed by atoms with Crippen LogP contribution in [0.1, 0.15) is 18.9 Å². The van der Waals surface area contributed by atoms with Gasteiger partial charge in [-0.1, -0.05) is 30.7 Å². The van der Waals surface area contributed by atoms with Gasteiger partial charge in [0.05, 0.1) is 0 Å². The Kier molecular flexibility index (Phi) is 6.01. The molecule has 3 nitrogen and oxygen atoms in total. The van der Waals surface area contributed by atoms with Gasteiger partial charge in [-0.3, -0.25) is 4.79 Å². The van der Waals surface area contributed by atoms with E-state index >= 15 is 0 Å². The van der Waals surface area contributed by atoms with Crippen LogP contribution in [0.4, 0.5) is 0 Å². The van der Waals surface area contributed by atoms with Gasteiger partial charge in [-0.25, -0.2) is 0 Å². The Labute approximate surface area is 107 Å². The van der Waals surface area contributed by atoms with Crippen molar-refractivity contribution in [2.24, 2.45) is 0 Å². The topological polar surface area (TPSA) is 29.5 Å². The molecule has 0 saturated heterocycles. The second-order valence-corrected chi connectivity index (χ2v) is 4.37. The number of hydrogen-bond donors (Lipinski definition) is 0. The highest BCUT2D eigenvalue weighted by atomic mass is 35.5. The largest absolute Gasteiger partial charge is 0.372 e. The lowest BCUT2D eigenvalue weighted by atomic mass is 10.2. The normalized spacial score (nSPS) is 10.3. The highest BCUT2D eigenvalue weighted by Gasteiger charge is 2.08. The molecule has 0 radical (unpaired) electrons. The summed E-state index contributed by atoms with van der Waals surface area (Å²) in [7, 11) is 1.77. The molecule has 1 rings (SSSR count). The Hall–Kier alpha value is -1.06. The van der Waals surface area contributed by atoms with E-state index in [1.54, 1.807) is 11.9 Å². The zero-order valence-corrected chi connectivity index (χ0v) is 11.0. The lowest BCUT2D eigenvalue weighted by Gasteiger charge is -2.17. The highest BCUT2D eigenvalue weighted by molar-refractivity contribution is 6.30. The van der Waals surface area contributed by atoms with Gasteiger partial charge >= 0.3 is 0 Å². The van der Waals surface area contributed by atoms with Gasteiger partial charge in [0.25, 0.3) is 0 Å². The van der Waals surface area contributed by atoms with E-state index in [1.807, 2.05) is 31.2 Å². The van der Waals surface area contributed by atoms with Crippen molar-refractivity contribution in [3.8, 4) is 0 Å². The smallest absolute Gasteiger partial charge is 0.248 e. The number of halogens is 1. The van der Waals surface area contributed by atoms with Gasteiger partial charge in [-0.2, -0.15) is 0 Å². The molecule has 0 unspecified atom stereocenters. The number of likely N-dealkylation sites (N-methyl/N-ethyl adjacent to an activating group) is 1. The van der Waals surface area contributed by atoms with Gasteiger partial charge < -0.3 is 9.64 Å². The summed E-state index contributed by atoms with van der Waals surface area (Å²) < 4.78 is 5.21. The van der Waals surface area contributed by atoms with E-state index in [2.05, 4.69) is 0 Å². The first-order chi connectivity index (χ1) is 8.13. The summed E-state index contributed by atoms with van der Waals surface area (Å²) >= 11 is 5.79. The minimum atomic E-state index is -0.00611. The predicted octanol–water partition coefficient (Wildman–Crippen LogP) is 2.73. The third-order valence-electron chi connectivity index (χ3n) is 2.33. The van der Waals surface area contributed by atoms with Crippen LogP contribution in [0.3, 0.4) is 0 Å². The van der Waals surface area contributed by atoms with Crippen molar-refractivity contribution in [1.29, 1.82) is 0 Å². The van der Waals surface area contributed by atoms with Crippen LogP contribution in [0.5, 0.6) is 0 Å². The number of ether oxygens (including phenoxy) is 1. The molecular weight excluding hydrogens is 238 g/mol. The second kappa shape index (κ2) is 7.30. The molecule has 1 aromatic carbocycles. The summed E-state index contributed by atoms with van der Waals surface area (Å²) in [5, 5.41) is 0.703. The van der Waals surface area contributed by atoms with Crippen molar-refractivity contribution in [2.45, 2.75) is 19.9 Å². The summed E-state index contributed by atoms with van der Waals surface area (Å²) in [5.41, 5.74) is 1.06. The minimum absolute atomic E-state index is 0.00611. The van der Waals surface area contributed by atoms with E-state index in [9.17, 15) is 4.79 Å². The quantitative estimate of drug-likeness (QED) is 0.732. The molecule has 0 spiro atoms. The fraction of sp³-hybridized carbons (Fsp3) is 0.462. The Morgan fingerprint density at radius 3 is 2.59 bits per heavy atom. The van der Waals surface area contributed by atoms with Gasteiger partial charge in [0.1, 0.15) is 6.61 Å². The molecule has 1 amide bonds. The van der Waals surface area contributed by atoms with Gasteiger partial charge in [-0.05, 0) is 24.1 Å². The average Bonchev–Trinajstić information content (AvgIpc) is 2.32. The lowest BCUT2D eigenvalue weighted by molar-refractivity contribution is -0.135. The number of nitrogens with zero attached hydrogens (tertiary/aromatic N) is 1. The molecule has 0 aromatic heterocycles. The third-order valence-corrected chi connectivity index (χ3v) is 2.58. The molecule has 17 heavy (non-hydrogen) atoms. The van der Waals surface area contributed by atoms with E-state index in [4.69, 9.17) is 16.3 Å². The maximum absolute atomic E-state index is 11.7. The molecule has 0 saturated carbocycles. The molecule has 0 aliphatic heterocycles. The van der Waals surface area contributed by atoms with Gasteiger partial charge in [0.2, 0.25) is 5.91 Å². The van der Waals surface area contributed by atoms with Crippen molar-refractivity contribution in [3.05, 3.63) is 34.9 Å². The second-order valence-electron chi connectivity index (χ2n) is 3.93. The summed E-state index contributed by atoms with van der Waals surface area (Å²) in [5.74, 6) is -0.00611. The summed E-state index contributed by atoms with van der Waals surface area (Å²) in [6.07, 6.45) is 0.925. The first-order valence-corrected chi connectivity index (χ1v) is 6.07. The Morgan fingerprint density at radius 1 is 1.35 bits per heavy atom. The van der Waals surface area contributed by atoms with Crippen molar-refractivity contribution in [1.82, 2.24) is 4.90 Å². The molecule has 0 aliphatic rings. The lowest BCUT2D eigenvalue weighted by Crippen LogP contribution is -2.29. The third kappa shape index (κ3) is 5.20. The monoisotopic (exact) mass is 255 g/mol. The van der Waals surface area contributed by atoms with Crippen LogP contribution in [0.15, 0.2) is 24.3 Å².